The van der Waals surface area contributed by atoms with Gasteiger partial charge in [-0.25, -0.2) is 4.90 Å². The van der Waals surface area contributed by atoms with E-state index in [1.165, 1.54) is 4.90 Å². The molecular formula is C24H26N2O4. The van der Waals surface area contributed by atoms with Crippen molar-refractivity contribution in [2.24, 2.45) is 0 Å². The minimum Gasteiger partial charge on any atom is -0.494 e. The van der Waals surface area contributed by atoms with Crippen molar-refractivity contribution in [3.63, 3.8) is 0 Å². The van der Waals surface area contributed by atoms with Gasteiger partial charge in [0.15, 0.2) is 0 Å². The number of carbonyl (C=O) groups is 2. The fourth-order valence-electron chi connectivity index (χ4n) is 3.92. The maximum absolute atomic E-state index is 13.6. The molecule has 4 rings (SSSR count). The highest BCUT2D eigenvalue weighted by atomic mass is 16.5. The molecule has 0 N–H and O–H groups in total. The lowest BCUT2D eigenvalue weighted by atomic mass is 10.0. The first kappa shape index (κ1) is 20.2. The van der Waals surface area contributed by atoms with Gasteiger partial charge in [-0.3, -0.25) is 9.59 Å². The molecule has 2 aliphatic rings. The molecule has 2 aliphatic heterocycles. The molecule has 6 nitrogen and oxygen atoms in total. The van der Waals surface area contributed by atoms with Crippen LogP contribution in [0.3, 0.4) is 0 Å². The van der Waals surface area contributed by atoms with Crippen molar-refractivity contribution in [3.05, 3.63) is 64.9 Å². The summed E-state index contributed by atoms with van der Waals surface area (Å²) >= 11 is 0. The maximum Gasteiger partial charge on any atom is 0.282 e. The number of nitrogens with zero attached hydrogens (tertiary/aromatic N) is 2. The van der Waals surface area contributed by atoms with Gasteiger partial charge < -0.3 is 14.4 Å². The number of imide groups is 1. The third kappa shape index (κ3) is 3.59. The molecule has 0 aliphatic carbocycles. The van der Waals surface area contributed by atoms with Gasteiger partial charge in [0.05, 0.1) is 31.1 Å². The van der Waals surface area contributed by atoms with E-state index in [0.29, 0.717) is 55.4 Å². The molecule has 156 valence electrons. The summed E-state index contributed by atoms with van der Waals surface area (Å²) in [4.78, 5) is 30.5. The maximum atomic E-state index is 13.6. The highest BCUT2D eigenvalue weighted by Gasteiger charge is 2.43. The van der Waals surface area contributed by atoms with Crippen LogP contribution < -0.4 is 9.64 Å². The van der Waals surface area contributed by atoms with Crippen LogP contribution in [0.1, 0.15) is 23.6 Å². The molecule has 2 heterocycles. The fraction of sp³-hybridized carbons (Fsp3) is 0.333. The van der Waals surface area contributed by atoms with Gasteiger partial charge in [-0.1, -0.05) is 24.3 Å². The second-order valence-corrected chi connectivity index (χ2v) is 7.52. The van der Waals surface area contributed by atoms with Gasteiger partial charge in [0.2, 0.25) is 0 Å². The standard InChI is InChI=1S/C24H26N2O4/c1-4-30-19-9-7-18(8-10-19)21-22(25-11-13-29-14-12-25)24(28)26(23(21)27)20-15-16(2)5-6-17(20)3/h5-10,15H,4,11-14H2,1-3H3. The number of benzene rings is 2. The van der Waals surface area contributed by atoms with E-state index in [2.05, 4.69) is 0 Å². The molecule has 0 spiro atoms. The van der Waals surface area contributed by atoms with Crippen molar-refractivity contribution in [1.82, 2.24) is 4.90 Å². The number of amides is 2. The minimum absolute atomic E-state index is 0.278. The van der Waals surface area contributed by atoms with Crippen molar-refractivity contribution >= 4 is 23.1 Å². The molecule has 30 heavy (non-hydrogen) atoms. The quantitative estimate of drug-likeness (QED) is 0.713. The number of carbonyl (C=O) groups excluding carboxylic acids is 2. The Morgan fingerprint density at radius 3 is 2.33 bits per heavy atom. The van der Waals surface area contributed by atoms with Crippen molar-refractivity contribution in [2.75, 3.05) is 37.8 Å². The summed E-state index contributed by atoms with van der Waals surface area (Å²) in [5.41, 5.74) is 4.12. The second kappa shape index (κ2) is 8.32. The molecule has 2 aromatic rings. The Balaban J connectivity index is 1.81. The van der Waals surface area contributed by atoms with Crippen LogP contribution in [0.2, 0.25) is 0 Å². The summed E-state index contributed by atoms with van der Waals surface area (Å²) in [6, 6.07) is 13.2. The first-order chi connectivity index (χ1) is 14.5. The fourth-order valence-corrected chi connectivity index (χ4v) is 3.92. The number of morpholine rings is 1. The van der Waals surface area contributed by atoms with Crippen molar-refractivity contribution < 1.29 is 19.1 Å². The van der Waals surface area contributed by atoms with Crippen LogP contribution in [0, 0.1) is 13.8 Å². The Labute approximate surface area is 176 Å². The van der Waals surface area contributed by atoms with E-state index < -0.39 is 0 Å². The van der Waals surface area contributed by atoms with Crippen molar-refractivity contribution in [2.45, 2.75) is 20.8 Å². The third-order valence-corrected chi connectivity index (χ3v) is 5.45. The lowest BCUT2D eigenvalue weighted by Crippen LogP contribution is -2.40. The van der Waals surface area contributed by atoms with E-state index in [0.717, 1.165) is 16.9 Å². The van der Waals surface area contributed by atoms with E-state index >= 15 is 0 Å². The predicted molar refractivity (Wildman–Crippen MR) is 115 cm³/mol. The van der Waals surface area contributed by atoms with E-state index in [9.17, 15) is 9.59 Å². The zero-order valence-corrected chi connectivity index (χ0v) is 17.6. The van der Waals surface area contributed by atoms with Crippen LogP contribution in [0.15, 0.2) is 48.2 Å². The highest BCUT2D eigenvalue weighted by Crippen LogP contribution is 2.37. The van der Waals surface area contributed by atoms with Gasteiger partial charge in [-0.15, -0.1) is 0 Å². The molecule has 0 atom stereocenters. The van der Waals surface area contributed by atoms with Crippen molar-refractivity contribution in [1.29, 1.82) is 0 Å². The Kier molecular flexibility index (Phi) is 5.59. The zero-order valence-electron chi connectivity index (χ0n) is 17.6. The number of hydrogen-bond donors (Lipinski definition) is 0. The Hall–Kier alpha value is -3.12. The predicted octanol–water partition coefficient (Wildman–Crippen LogP) is 3.32. The average Bonchev–Trinajstić information content (AvgIpc) is 3.01. The van der Waals surface area contributed by atoms with Gasteiger partial charge in [0.1, 0.15) is 11.4 Å². The molecule has 0 saturated carbocycles. The van der Waals surface area contributed by atoms with Gasteiger partial charge in [0, 0.05) is 13.1 Å². The van der Waals surface area contributed by atoms with Crippen LogP contribution in [0.5, 0.6) is 5.75 Å². The van der Waals surface area contributed by atoms with E-state index in [1.807, 2.05) is 68.1 Å². The van der Waals surface area contributed by atoms with Crippen LogP contribution >= 0.6 is 0 Å². The van der Waals surface area contributed by atoms with Gasteiger partial charge in [0.25, 0.3) is 11.8 Å². The van der Waals surface area contributed by atoms with Gasteiger partial charge >= 0.3 is 0 Å². The molecule has 0 unspecified atom stereocenters. The number of aryl methyl sites for hydroxylation is 2. The first-order valence-electron chi connectivity index (χ1n) is 10.3. The highest BCUT2D eigenvalue weighted by molar-refractivity contribution is 6.45. The summed E-state index contributed by atoms with van der Waals surface area (Å²) in [7, 11) is 0. The molecule has 1 saturated heterocycles. The topological polar surface area (TPSA) is 59.1 Å². The normalized spacial score (nSPS) is 17.2. The Morgan fingerprint density at radius 1 is 0.967 bits per heavy atom. The molecule has 2 aromatic carbocycles. The smallest absolute Gasteiger partial charge is 0.282 e. The Morgan fingerprint density at radius 2 is 1.67 bits per heavy atom. The summed E-state index contributed by atoms with van der Waals surface area (Å²) in [5, 5.41) is 0. The lowest BCUT2D eigenvalue weighted by Gasteiger charge is -2.29. The van der Waals surface area contributed by atoms with E-state index in [-0.39, 0.29) is 11.8 Å². The summed E-state index contributed by atoms with van der Waals surface area (Å²) in [6.45, 7) is 8.59. The molecule has 0 bridgehead atoms. The largest absolute Gasteiger partial charge is 0.494 e. The number of hydrogen-bond acceptors (Lipinski definition) is 5. The monoisotopic (exact) mass is 406 g/mol. The number of ether oxygens (including phenoxy) is 2. The summed E-state index contributed by atoms with van der Waals surface area (Å²) in [5.74, 6) is 0.164. The lowest BCUT2D eigenvalue weighted by molar-refractivity contribution is -0.121. The average molecular weight is 406 g/mol. The van der Waals surface area contributed by atoms with Gasteiger partial charge in [-0.05, 0) is 55.7 Å². The summed E-state index contributed by atoms with van der Waals surface area (Å²) in [6.07, 6.45) is 0. The van der Waals surface area contributed by atoms with E-state index in [1.54, 1.807) is 0 Å². The summed E-state index contributed by atoms with van der Waals surface area (Å²) < 4.78 is 11.0. The van der Waals surface area contributed by atoms with E-state index in [4.69, 9.17) is 9.47 Å². The van der Waals surface area contributed by atoms with Crippen LogP contribution in [-0.2, 0) is 14.3 Å². The zero-order chi connectivity index (χ0) is 21.3. The van der Waals surface area contributed by atoms with Crippen LogP contribution in [0.4, 0.5) is 5.69 Å². The molecule has 2 amide bonds. The van der Waals surface area contributed by atoms with Crippen LogP contribution in [-0.4, -0.2) is 49.6 Å². The van der Waals surface area contributed by atoms with Crippen LogP contribution in [0.25, 0.3) is 5.57 Å². The first-order valence-corrected chi connectivity index (χ1v) is 10.3. The third-order valence-electron chi connectivity index (χ3n) is 5.45. The second-order valence-electron chi connectivity index (χ2n) is 7.52. The van der Waals surface area contributed by atoms with Gasteiger partial charge in [-0.2, -0.15) is 0 Å². The molecule has 0 aromatic heterocycles. The number of rotatable bonds is 5. The minimum atomic E-state index is -0.292. The molecular weight excluding hydrogens is 380 g/mol. The molecule has 0 radical (unpaired) electrons. The Bertz CT molecular complexity index is 1000. The van der Waals surface area contributed by atoms with Crippen molar-refractivity contribution in [3.8, 4) is 5.75 Å². The SMILES string of the molecule is CCOc1ccc(C2=C(N3CCOCC3)C(=O)N(c3cc(C)ccc3C)C2=O)cc1. The molecule has 6 heteroatoms. The number of anilines is 1. The molecule has 1 fully saturated rings.